The van der Waals surface area contributed by atoms with Crippen LogP contribution in [0.2, 0.25) is 0 Å². The van der Waals surface area contributed by atoms with E-state index in [-0.39, 0.29) is 37.3 Å². The Bertz CT molecular complexity index is 207. The third-order valence-electron chi connectivity index (χ3n) is 4.71. The molecule has 22 heavy (non-hydrogen) atoms. The molecule has 0 amide bonds. The fourth-order valence-electron chi connectivity index (χ4n) is 2.71. The molecule has 136 valence electrons. The lowest BCUT2D eigenvalue weighted by atomic mass is 9.81. The third kappa shape index (κ3) is 9.09. The maximum Gasteiger partial charge on any atom is 0.0509 e. The first kappa shape index (κ1) is 24.1. The Morgan fingerprint density at radius 2 is 0.955 bits per heavy atom. The zero-order valence-electron chi connectivity index (χ0n) is 15.3. The van der Waals surface area contributed by atoms with Gasteiger partial charge in [0.15, 0.2) is 0 Å². The van der Waals surface area contributed by atoms with E-state index in [1.165, 1.54) is 0 Å². The summed E-state index contributed by atoms with van der Waals surface area (Å²) in [7, 11) is 0. The summed E-state index contributed by atoms with van der Waals surface area (Å²) in [5.74, 6) is 0. The lowest BCUT2D eigenvalue weighted by Crippen LogP contribution is -2.29. The molecule has 0 aromatic heterocycles. The molecule has 0 unspecified atom stereocenters. The normalized spacial score (nSPS) is 12.0. The molecule has 0 spiro atoms. The van der Waals surface area contributed by atoms with Gasteiger partial charge in [0.1, 0.15) is 0 Å². The lowest BCUT2D eigenvalue weighted by Gasteiger charge is -2.28. The van der Waals surface area contributed by atoms with E-state index in [1.807, 2.05) is 6.92 Å². The van der Waals surface area contributed by atoms with Crippen LogP contribution < -0.4 is 0 Å². The summed E-state index contributed by atoms with van der Waals surface area (Å²) in [4.78, 5) is 0. The van der Waals surface area contributed by atoms with E-state index in [9.17, 15) is 0 Å². The number of aliphatic hydroxyl groups is 4. The Balaban J connectivity index is 0. The highest BCUT2D eigenvalue weighted by atomic mass is 16.3. The minimum absolute atomic E-state index is 0.111. The summed E-state index contributed by atoms with van der Waals surface area (Å²) in [5.41, 5.74) is -0.417. The molecule has 4 nitrogen and oxygen atoms in total. The molecular formula is C18H40O4. The van der Waals surface area contributed by atoms with Crippen molar-refractivity contribution in [2.24, 2.45) is 10.8 Å². The summed E-state index contributed by atoms with van der Waals surface area (Å²) >= 11 is 0. The van der Waals surface area contributed by atoms with Crippen molar-refractivity contribution >= 4 is 0 Å². The Morgan fingerprint density at radius 1 is 0.545 bits per heavy atom. The van der Waals surface area contributed by atoms with Gasteiger partial charge >= 0.3 is 0 Å². The zero-order chi connectivity index (χ0) is 17.5. The van der Waals surface area contributed by atoms with Crippen LogP contribution in [0.25, 0.3) is 0 Å². The van der Waals surface area contributed by atoms with E-state index in [4.69, 9.17) is 20.4 Å². The number of unbranched alkanes of at least 4 members (excludes halogenated alkanes) is 1. The quantitative estimate of drug-likeness (QED) is 0.445. The van der Waals surface area contributed by atoms with Crippen LogP contribution in [0.5, 0.6) is 0 Å². The predicted molar refractivity (Wildman–Crippen MR) is 92.8 cm³/mol. The van der Waals surface area contributed by atoms with Crippen molar-refractivity contribution in [1.82, 2.24) is 0 Å². The van der Waals surface area contributed by atoms with Crippen molar-refractivity contribution < 1.29 is 20.4 Å². The SMILES string of the molecule is CCCC(CO)(CO)CCC.CCCCC(CC)(CO)CO. The van der Waals surface area contributed by atoms with E-state index < -0.39 is 0 Å². The van der Waals surface area contributed by atoms with Crippen LogP contribution in [0.1, 0.15) is 79.1 Å². The van der Waals surface area contributed by atoms with Crippen LogP contribution >= 0.6 is 0 Å². The van der Waals surface area contributed by atoms with Gasteiger partial charge in [-0.3, -0.25) is 0 Å². The van der Waals surface area contributed by atoms with Crippen molar-refractivity contribution in [1.29, 1.82) is 0 Å². The smallest absolute Gasteiger partial charge is 0.0509 e. The van der Waals surface area contributed by atoms with Crippen LogP contribution in [0, 0.1) is 10.8 Å². The molecule has 0 saturated carbocycles. The Labute approximate surface area is 137 Å². The average Bonchev–Trinajstić information content (AvgIpc) is 2.57. The highest BCUT2D eigenvalue weighted by molar-refractivity contribution is 4.76. The highest BCUT2D eigenvalue weighted by Crippen LogP contribution is 2.28. The van der Waals surface area contributed by atoms with E-state index in [2.05, 4.69) is 20.8 Å². The van der Waals surface area contributed by atoms with E-state index in [1.54, 1.807) is 0 Å². The number of hydrogen-bond acceptors (Lipinski definition) is 4. The molecule has 0 aromatic rings. The predicted octanol–water partition coefficient (Wildman–Crippen LogP) is 3.12. The van der Waals surface area contributed by atoms with Crippen molar-refractivity contribution in [3.8, 4) is 0 Å². The van der Waals surface area contributed by atoms with Crippen molar-refractivity contribution in [3.63, 3.8) is 0 Å². The first-order valence-corrected chi connectivity index (χ1v) is 8.92. The fourth-order valence-corrected chi connectivity index (χ4v) is 2.71. The molecule has 0 aliphatic carbocycles. The van der Waals surface area contributed by atoms with Crippen LogP contribution in [-0.2, 0) is 0 Å². The van der Waals surface area contributed by atoms with Crippen molar-refractivity contribution in [3.05, 3.63) is 0 Å². The lowest BCUT2D eigenvalue weighted by molar-refractivity contribution is 0.0385. The second-order valence-electron chi connectivity index (χ2n) is 6.59. The van der Waals surface area contributed by atoms with Gasteiger partial charge in [0.2, 0.25) is 0 Å². The summed E-state index contributed by atoms with van der Waals surface area (Å²) in [6.07, 6.45) is 7.92. The Morgan fingerprint density at radius 3 is 1.18 bits per heavy atom. The van der Waals surface area contributed by atoms with E-state index in [0.29, 0.717) is 0 Å². The highest BCUT2D eigenvalue weighted by Gasteiger charge is 2.26. The molecule has 0 bridgehead atoms. The molecule has 0 aliphatic heterocycles. The molecule has 0 atom stereocenters. The second kappa shape index (κ2) is 14.4. The summed E-state index contributed by atoms with van der Waals surface area (Å²) in [6, 6.07) is 0. The molecule has 0 rings (SSSR count). The van der Waals surface area contributed by atoms with Gasteiger partial charge < -0.3 is 20.4 Å². The van der Waals surface area contributed by atoms with Gasteiger partial charge in [-0.1, -0.05) is 53.4 Å². The van der Waals surface area contributed by atoms with Crippen molar-refractivity contribution in [2.75, 3.05) is 26.4 Å². The monoisotopic (exact) mass is 320 g/mol. The van der Waals surface area contributed by atoms with E-state index >= 15 is 0 Å². The average molecular weight is 321 g/mol. The zero-order valence-corrected chi connectivity index (χ0v) is 15.3. The standard InChI is InChI=1S/2C9H20O2/c1-3-5-6-9(4-2,7-10)8-11;1-3-5-9(7-10,8-11)6-4-2/h2*10-11H,3-8H2,1-2H3. The maximum absolute atomic E-state index is 9.08. The summed E-state index contributed by atoms with van der Waals surface area (Å²) in [6.45, 7) is 8.75. The van der Waals surface area contributed by atoms with Gasteiger partial charge in [-0.25, -0.2) is 0 Å². The fraction of sp³-hybridized carbons (Fsp3) is 1.00. The topological polar surface area (TPSA) is 80.9 Å². The minimum Gasteiger partial charge on any atom is -0.396 e. The maximum atomic E-state index is 9.08. The molecule has 0 saturated heterocycles. The number of rotatable bonds is 12. The molecule has 0 heterocycles. The van der Waals surface area contributed by atoms with Crippen molar-refractivity contribution in [2.45, 2.75) is 79.1 Å². The second-order valence-corrected chi connectivity index (χ2v) is 6.59. The van der Waals surface area contributed by atoms with Crippen LogP contribution in [-0.4, -0.2) is 46.9 Å². The minimum atomic E-state index is -0.212. The largest absolute Gasteiger partial charge is 0.396 e. The van der Waals surface area contributed by atoms with Gasteiger partial charge in [0, 0.05) is 10.8 Å². The molecular weight excluding hydrogens is 280 g/mol. The Hall–Kier alpha value is -0.160. The molecule has 4 N–H and O–H groups in total. The molecule has 4 heteroatoms. The first-order chi connectivity index (χ1) is 10.5. The Kier molecular flexibility index (Phi) is 15.8. The van der Waals surface area contributed by atoms with Crippen LogP contribution in [0.4, 0.5) is 0 Å². The summed E-state index contributed by atoms with van der Waals surface area (Å²) < 4.78 is 0. The number of hydrogen-bond donors (Lipinski definition) is 4. The van der Waals surface area contributed by atoms with E-state index in [0.717, 1.165) is 51.4 Å². The third-order valence-corrected chi connectivity index (χ3v) is 4.71. The molecule has 0 radical (unpaired) electrons. The van der Waals surface area contributed by atoms with Crippen LogP contribution in [0.3, 0.4) is 0 Å². The molecule has 0 aliphatic rings. The first-order valence-electron chi connectivity index (χ1n) is 8.92. The van der Waals surface area contributed by atoms with Gasteiger partial charge in [0.05, 0.1) is 26.4 Å². The molecule has 0 fully saturated rings. The number of aliphatic hydroxyl groups excluding tert-OH is 4. The van der Waals surface area contributed by atoms with Gasteiger partial charge in [-0.15, -0.1) is 0 Å². The van der Waals surface area contributed by atoms with Crippen LogP contribution in [0.15, 0.2) is 0 Å². The van der Waals surface area contributed by atoms with Gasteiger partial charge in [-0.05, 0) is 25.7 Å². The van der Waals surface area contributed by atoms with Gasteiger partial charge in [0.25, 0.3) is 0 Å². The molecule has 0 aromatic carbocycles. The summed E-state index contributed by atoms with van der Waals surface area (Å²) in [5, 5.41) is 36.2. The van der Waals surface area contributed by atoms with Gasteiger partial charge in [-0.2, -0.15) is 0 Å².